The number of aryl methyl sites for hydroxylation is 1. The summed E-state index contributed by atoms with van der Waals surface area (Å²) in [6, 6.07) is 7.69. The van der Waals surface area contributed by atoms with Gasteiger partial charge in [0.15, 0.2) is 0 Å². The van der Waals surface area contributed by atoms with Gasteiger partial charge < -0.3 is 0 Å². The van der Waals surface area contributed by atoms with Crippen molar-refractivity contribution in [3.63, 3.8) is 0 Å². The van der Waals surface area contributed by atoms with E-state index in [0.29, 0.717) is 15.6 Å². The largest absolute Gasteiger partial charge is 0.287 e. The highest BCUT2D eigenvalue weighted by molar-refractivity contribution is 9.10. The van der Waals surface area contributed by atoms with Crippen LogP contribution in [0, 0.1) is 12.7 Å². The van der Waals surface area contributed by atoms with Gasteiger partial charge in [-0.3, -0.25) is 9.78 Å². The minimum Gasteiger partial charge on any atom is -0.287 e. The molecule has 0 aliphatic rings. The molecule has 0 unspecified atom stereocenters. The van der Waals surface area contributed by atoms with E-state index < -0.39 is 5.82 Å². The zero-order chi connectivity index (χ0) is 12.4. The summed E-state index contributed by atoms with van der Waals surface area (Å²) in [4.78, 5) is 16.1. The third-order valence-electron chi connectivity index (χ3n) is 2.28. The van der Waals surface area contributed by atoms with Crippen molar-refractivity contribution in [1.29, 1.82) is 0 Å². The van der Waals surface area contributed by atoms with Gasteiger partial charge in [0.2, 0.25) is 5.78 Å². The minimum absolute atomic E-state index is 0.289. The van der Waals surface area contributed by atoms with Crippen molar-refractivity contribution in [1.82, 2.24) is 4.98 Å². The molecular formula is C13H9BrFNO. The van der Waals surface area contributed by atoms with Gasteiger partial charge in [0.1, 0.15) is 11.5 Å². The van der Waals surface area contributed by atoms with Gasteiger partial charge in [0.05, 0.1) is 0 Å². The zero-order valence-electron chi connectivity index (χ0n) is 9.08. The fourth-order valence-corrected chi connectivity index (χ4v) is 1.99. The average molecular weight is 294 g/mol. The van der Waals surface area contributed by atoms with Crippen molar-refractivity contribution in [2.75, 3.05) is 0 Å². The molecule has 0 saturated carbocycles. The summed E-state index contributed by atoms with van der Waals surface area (Å²) in [5.74, 6) is -0.708. The Kier molecular flexibility index (Phi) is 3.33. The fourth-order valence-electron chi connectivity index (χ4n) is 1.56. The van der Waals surface area contributed by atoms with Crippen LogP contribution >= 0.6 is 15.9 Å². The lowest BCUT2D eigenvalue weighted by atomic mass is 10.1. The van der Waals surface area contributed by atoms with Crippen LogP contribution in [0.5, 0.6) is 0 Å². The molecule has 4 heteroatoms. The molecule has 0 aliphatic carbocycles. The zero-order valence-corrected chi connectivity index (χ0v) is 10.7. The van der Waals surface area contributed by atoms with Crippen molar-refractivity contribution in [3.05, 3.63) is 63.6 Å². The maximum atomic E-state index is 13.2. The molecule has 0 N–H and O–H groups in total. The summed E-state index contributed by atoms with van der Waals surface area (Å²) in [5, 5.41) is 0. The van der Waals surface area contributed by atoms with E-state index in [4.69, 9.17) is 0 Å². The van der Waals surface area contributed by atoms with Crippen molar-refractivity contribution in [2.24, 2.45) is 0 Å². The molecule has 0 radical (unpaired) electrons. The number of carbonyl (C=O) groups is 1. The van der Waals surface area contributed by atoms with Crippen LogP contribution in [-0.2, 0) is 0 Å². The van der Waals surface area contributed by atoms with Crippen LogP contribution in [0.2, 0.25) is 0 Å². The van der Waals surface area contributed by atoms with Crippen LogP contribution in [0.15, 0.2) is 41.0 Å². The van der Waals surface area contributed by atoms with Crippen LogP contribution in [-0.4, -0.2) is 10.8 Å². The molecule has 0 aliphatic heterocycles. The summed E-state index contributed by atoms with van der Waals surface area (Å²) < 4.78 is 13.8. The Morgan fingerprint density at radius 3 is 2.76 bits per heavy atom. The van der Waals surface area contributed by atoms with Gasteiger partial charge in [-0.05, 0) is 58.7 Å². The lowest BCUT2D eigenvalue weighted by Gasteiger charge is -2.04. The highest BCUT2D eigenvalue weighted by Gasteiger charge is 2.14. The first kappa shape index (κ1) is 11.9. The Bertz CT molecular complexity index is 563. The number of aromatic nitrogens is 1. The molecule has 2 aromatic rings. The maximum absolute atomic E-state index is 13.2. The first-order chi connectivity index (χ1) is 8.08. The normalized spacial score (nSPS) is 10.3. The van der Waals surface area contributed by atoms with Gasteiger partial charge in [-0.1, -0.05) is 0 Å². The maximum Gasteiger partial charge on any atom is 0.212 e. The smallest absolute Gasteiger partial charge is 0.212 e. The number of nitrogens with zero attached hydrogens (tertiary/aromatic N) is 1. The van der Waals surface area contributed by atoms with E-state index >= 15 is 0 Å². The Balaban J connectivity index is 2.48. The SMILES string of the molecule is Cc1cc(F)cc(C(=O)c2ncccc2Br)c1. The van der Waals surface area contributed by atoms with E-state index in [0.717, 1.165) is 0 Å². The monoisotopic (exact) mass is 293 g/mol. The second-order valence-corrected chi connectivity index (χ2v) is 4.53. The third kappa shape index (κ3) is 2.58. The van der Waals surface area contributed by atoms with Crippen LogP contribution in [0.4, 0.5) is 4.39 Å². The van der Waals surface area contributed by atoms with E-state index in [1.807, 2.05) is 0 Å². The van der Waals surface area contributed by atoms with E-state index in [9.17, 15) is 9.18 Å². The number of carbonyl (C=O) groups excluding carboxylic acids is 1. The van der Waals surface area contributed by atoms with E-state index in [1.54, 1.807) is 25.1 Å². The molecular weight excluding hydrogens is 285 g/mol. The number of pyridine rings is 1. The molecule has 0 saturated heterocycles. The van der Waals surface area contributed by atoms with E-state index in [1.165, 1.54) is 18.3 Å². The molecule has 2 rings (SSSR count). The predicted octanol–water partition coefficient (Wildman–Crippen LogP) is 3.52. The van der Waals surface area contributed by atoms with Gasteiger partial charge in [-0.15, -0.1) is 0 Å². The molecule has 0 atom stereocenters. The second kappa shape index (κ2) is 4.75. The standard InChI is InChI=1S/C13H9BrFNO/c1-8-5-9(7-10(15)6-8)13(17)12-11(14)3-2-4-16-12/h2-7H,1H3. The Morgan fingerprint density at radius 2 is 2.12 bits per heavy atom. The Labute approximate surface area is 107 Å². The topological polar surface area (TPSA) is 30.0 Å². The van der Waals surface area contributed by atoms with Gasteiger partial charge in [0.25, 0.3) is 0 Å². The number of hydrogen-bond donors (Lipinski definition) is 0. The van der Waals surface area contributed by atoms with Gasteiger partial charge in [-0.25, -0.2) is 4.39 Å². The first-order valence-electron chi connectivity index (χ1n) is 5.00. The van der Waals surface area contributed by atoms with Gasteiger partial charge in [0, 0.05) is 16.2 Å². The molecule has 86 valence electrons. The second-order valence-electron chi connectivity index (χ2n) is 3.68. The van der Waals surface area contributed by atoms with E-state index in [2.05, 4.69) is 20.9 Å². The van der Waals surface area contributed by atoms with Crippen LogP contribution in [0.25, 0.3) is 0 Å². The van der Waals surface area contributed by atoms with Crippen molar-refractivity contribution in [3.8, 4) is 0 Å². The lowest BCUT2D eigenvalue weighted by Crippen LogP contribution is -2.05. The summed E-state index contributed by atoms with van der Waals surface area (Å²) >= 11 is 3.25. The summed E-state index contributed by atoms with van der Waals surface area (Å²) in [5.41, 5.74) is 1.31. The van der Waals surface area contributed by atoms with Crippen molar-refractivity contribution >= 4 is 21.7 Å². The summed E-state index contributed by atoms with van der Waals surface area (Å²) in [7, 11) is 0. The number of hydrogen-bond acceptors (Lipinski definition) is 2. The van der Waals surface area contributed by atoms with Crippen molar-refractivity contribution < 1.29 is 9.18 Å². The van der Waals surface area contributed by atoms with Crippen LogP contribution in [0.1, 0.15) is 21.6 Å². The molecule has 2 nitrogen and oxygen atoms in total. The molecule has 1 heterocycles. The molecule has 0 fully saturated rings. The number of ketones is 1. The Hall–Kier alpha value is -1.55. The lowest BCUT2D eigenvalue weighted by molar-refractivity contribution is 0.103. The number of halogens is 2. The molecule has 0 amide bonds. The molecule has 17 heavy (non-hydrogen) atoms. The highest BCUT2D eigenvalue weighted by Crippen LogP contribution is 2.18. The van der Waals surface area contributed by atoms with Gasteiger partial charge in [-0.2, -0.15) is 0 Å². The summed E-state index contributed by atoms with van der Waals surface area (Å²) in [6.45, 7) is 1.74. The number of rotatable bonds is 2. The first-order valence-corrected chi connectivity index (χ1v) is 5.79. The van der Waals surface area contributed by atoms with E-state index in [-0.39, 0.29) is 11.5 Å². The predicted molar refractivity (Wildman–Crippen MR) is 66.5 cm³/mol. The highest BCUT2D eigenvalue weighted by atomic mass is 79.9. The molecule has 0 bridgehead atoms. The third-order valence-corrected chi connectivity index (χ3v) is 2.92. The van der Waals surface area contributed by atoms with Gasteiger partial charge >= 0.3 is 0 Å². The molecule has 0 spiro atoms. The van der Waals surface area contributed by atoms with Crippen molar-refractivity contribution in [2.45, 2.75) is 6.92 Å². The fraction of sp³-hybridized carbons (Fsp3) is 0.0769. The average Bonchev–Trinajstić information content (AvgIpc) is 2.27. The number of benzene rings is 1. The quantitative estimate of drug-likeness (QED) is 0.793. The van der Waals surface area contributed by atoms with Crippen LogP contribution < -0.4 is 0 Å². The minimum atomic E-state index is -0.416. The summed E-state index contributed by atoms with van der Waals surface area (Å²) in [6.07, 6.45) is 1.53. The Morgan fingerprint density at radius 1 is 1.35 bits per heavy atom. The molecule has 1 aromatic carbocycles. The van der Waals surface area contributed by atoms with Crippen LogP contribution in [0.3, 0.4) is 0 Å². The molecule has 1 aromatic heterocycles.